The first-order valence-corrected chi connectivity index (χ1v) is 14.9. The fourth-order valence-electron chi connectivity index (χ4n) is 5.18. The Hall–Kier alpha value is -3.34. The van der Waals surface area contributed by atoms with Crippen LogP contribution in [0.3, 0.4) is 0 Å². The van der Waals surface area contributed by atoms with Crippen LogP contribution in [0.4, 0.5) is 10.5 Å². The minimum absolute atomic E-state index is 0.411. The molecule has 0 saturated heterocycles. The minimum Gasteiger partial charge on any atom is -0.415 e. The van der Waals surface area contributed by atoms with Crippen LogP contribution < -0.4 is 15.2 Å². The summed E-state index contributed by atoms with van der Waals surface area (Å²) in [5.41, 5.74) is 1.58. The number of hydrogen-bond donors (Lipinski definition) is 2. The van der Waals surface area contributed by atoms with Gasteiger partial charge < -0.3 is 14.4 Å². The molecule has 2 N–H and O–H groups in total. The summed E-state index contributed by atoms with van der Waals surface area (Å²) in [4.78, 5) is 12.9. The largest absolute Gasteiger partial charge is 0.431 e. The molecule has 4 aromatic carbocycles. The second-order valence-corrected chi connectivity index (χ2v) is 12.0. The maximum Gasteiger partial charge on any atom is 0.431 e. The van der Waals surface area contributed by atoms with E-state index < -0.39 is 13.7 Å². The van der Waals surface area contributed by atoms with E-state index in [9.17, 15) is 9.36 Å². The van der Waals surface area contributed by atoms with Crippen molar-refractivity contribution in [3.05, 3.63) is 84.4 Å². The van der Waals surface area contributed by atoms with Gasteiger partial charge in [0, 0.05) is 23.7 Å². The highest BCUT2D eigenvalue weighted by molar-refractivity contribution is 7.54. The second-order valence-electron chi connectivity index (χ2n) is 10.0. The molecule has 37 heavy (non-hydrogen) atoms. The zero-order valence-corrected chi connectivity index (χ0v) is 22.2. The smallest absolute Gasteiger partial charge is 0.415 e. The van der Waals surface area contributed by atoms with Gasteiger partial charge >= 0.3 is 13.7 Å². The van der Waals surface area contributed by atoms with E-state index in [0.717, 1.165) is 45.9 Å². The Kier molecular flexibility index (Phi) is 7.50. The summed E-state index contributed by atoms with van der Waals surface area (Å²) >= 11 is 0. The molecule has 4 aromatic rings. The maximum atomic E-state index is 13.2. The number of fused-ring (bicyclic) bond motifs is 2. The molecule has 6 nitrogen and oxygen atoms in total. The molecule has 0 aromatic heterocycles. The van der Waals surface area contributed by atoms with Gasteiger partial charge in [0.1, 0.15) is 5.75 Å². The number of carbonyl (C=O) groups excluding carboxylic acids is 1. The molecule has 5 rings (SSSR count). The molecule has 0 heterocycles. The van der Waals surface area contributed by atoms with Gasteiger partial charge in [-0.3, -0.25) is 5.32 Å². The van der Waals surface area contributed by atoms with E-state index in [1.54, 1.807) is 6.07 Å². The summed E-state index contributed by atoms with van der Waals surface area (Å²) in [6.45, 7) is 4.23. The van der Waals surface area contributed by atoms with Gasteiger partial charge in [-0.2, -0.15) is 0 Å². The number of benzene rings is 4. The van der Waals surface area contributed by atoms with Crippen LogP contribution in [-0.4, -0.2) is 18.8 Å². The number of nitrogens with one attached hydrogen (secondary N) is 2. The van der Waals surface area contributed by atoms with E-state index in [1.807, 2.05) is 60.7 Å². The molecule has 0 aliphatic heterocycles. The fourth-order valence-corrected chi connectivity index (χ4v) is 6.08. The number of anilines is 1. The summed E-state index contributed by atoms with van der Waals surface area (Å²) in [5, 5.41) is 10.3. The Balaban J connectivity index is 1.32. The molecule has 3 unspecified atom stereocenters. The molecule has 1 fully saturated rings. The second kappa shape index (κ2) is 11.0. The quantitative estimate of drug-likeness (QED) is 0.243. The van der Waals surface area contributed by atoms with Gasteiger partial charge in [-0.05, 0) is 58.7 Å². The lowest BCUT2D eigenvalue weighted by Gasteiger charge is -2.28. The van der Waals surface area contributed by atoms with Gasteiger partial charge in [-0.25, -0.2) is 9.36 Å². The molecule has 1 aliphatic rings. The van der Waals surface area contributed by atoms with Crippen LogP contribution in [0.25, 0.3) is 21.5 Å². The third-order valence-corrected chi connectivity index (χ3v) is 8.01. The molecule has 192 valence electrons. The van der Waals surface area contributed by atoms with Crippen molar-refractivity contribution in [2.24, 2.45) is 5.92 Å². The molecule has 0 bridgehead atoms. The van der Waals surface area contributed by atoms with Gasteiger partial charge in [0.25, 0.3) is 0 Å². The lowest BCUT2D eigenvalue weighted by atomic mass is 9.87. The number of rotatable bonds is 7. The van der Waals surface area contributed by atoms with E-state index in [2.05, 4.69) is 29.7 Å². The van der Waals surface area contributed by atoms with Gasteiger partial charge in [0.15, 0.2) is 0 Å². The van der Waals surface area contributed by atoms with E-state index in [0.29, 0.717) is 24.0 Å². The monoisotopic (exact) mass is 516 g/mol. The van der Waals surface area contributed by atoms with Gasteiger partial charge in [-0.1, -0.05) is 80.4 Å². The Bertz CT molecular complexity index is 1470. The maximum absolute atomic E-state index is 13.2. The van der Waals surface area contributed by atoms with Crippen molar-refractivity contribution in [2.75, 3.05) is 12.0 Å². The number of hydrogen-bond acceptors (Lipinski definition) is 5. The lowest BCUT2D eigenvalue weighted by molar-refractivity contribution is 0.209. The Morgan fingerprint density at radius 1 is 0.946 bits per heavy atom. The fraction of sp³-hybridized carbons (Fsp3) is 0.300. The molecule has 0 radical (unpaired) electrons. The average molecular weight is 517 g/mol. The predicted octanol–water partition coefficient (Wildman–Crippen LogP) is 8.11. The first-order chi connectivity index (χ1) is 17.9. The Morgan fingerprint density at radius 2 is 1.65 bits per heavy atom. The van der Waals surface area contributed by atoms with Crippen molar-refractivity contribution >= 4 is 40.9 Å². The number of amides is 1. The van der Waals surface area contributed by atoms with Crippen LogP contribution in [0.15, 0.2) is 78.9 Å². The standard InChI is InChI=1S/C30H33N2O4P/c1-21-9-7-14-26(17-21)31-20-25-18-23-11-3-4-12-24(23)19-28(25)32-30(33)36-37(2,34)35-29-16-8-13-22-10-5-6-15-27(22)29/h3-6,8,10-13,15-16,18-19,21,26,31H,7,9,14,17,20H2,1-2H3,(H,32,33). The minimum atomic E-state index is -3.75. The molecule has 1 aliphatic carbocycles. The summed E-state index contributed by atoms with van der Waals surface area (Å²) in [6, 6.07) is 25.6. The summed E-state index contributed by atoms with van der Waals surface area (Å²) in [7, 11) is -3.75. The highest BCUT2D eigenvalue weighted by Gasteiger charge is 2.26. The molecule has 1 saturated carbocycles. The van der Waals surface area contributed by atoms with Crippen LogP contribution in [0.5, 0.6) is 5.75 Å². The van der Waals surface area contributed by atoms with Crippen molar-refractivity contribution < 1.29 is 18.4 Å². The Morgan fingerprint density at radius 3 is 2.43 bits per heavy atom. The topological polar surface area (TPSA) is 76.7 Å². The molecule has 3 atom stereocenters. The van der Waals surface area contributed by atoms with Crippen LogP contribution in [-0.2, 0) is 15.6 Å². The van der Waals surface area contributed by atoms with Crippen molar-refractivity contribution in [3.63, 3.8) is 0 Å². The first-order valence-electron chi connectivity index (χ1n) is 12.9. The lowest BCUT2D eigenvalue weighted by Crippen LogP contribution is -2.33. The van der Waals surface area contributed by atoms with Gasteiger partial charge in [-0.15, -0.1) is 0 Å². The predicted molar refractivity (Wildman–Crippen MR) is 150 cm³/mol. The van der Waals surface area contributed by atoms with Crippen LogP contribution >= 0.6 is 7.60 Å². The summed E-state index contributed by atoms with van der Waals surface area (Å²) in [6.07, 6.45) is 4.02. The first kappa shape index (κ1) is 25.3. The van der Waals surface area contributed by atoms with Gasteiger partial charge in [0.05, 0.1) is 6.66 Å². The van der Waals surface area contributed by atoms with Crippen molar-refractivity contribution in [1.82, 2.24) is 5.32 Å². The molecular weight excluding hydrogens is 483 g/mol. The summed E-state index contributed by atoms with van der Waals surface area (Å²) < 4.78 is 24.2. The van der Waals surface area contributed by atoms with Crippen LogP contribution in [0.2, 0.25) is 0 Å². The van der Waals surface area contributed by atoms with E-state index >= 15 is 0 Å². The highest BCUT2D eigenvalue weighted by Crippen LogP contribution is 2.46. The summed E-state index contributed by atoms with van der Waals surface area (Å²) in [5.74, 6) is 1.13. The van der Waals surface area contributed by atoms with Crippen LogP contribution in [0.1, 0.15) is 38.2 Å². The van der Waals surface area contributed by atoms with E-state index in [1.165, 1.54) is 19.5 Å². The third-order valence-electron chi connectivity index (χ3n) is 6.99. The third kappa shape index (κ3) is 6.33. The number of carbonyl (C=O) groups is 1. The van der Waals surface area contributed by atoms with Crippen molar-refractivity contribution in [3.8, 4) is 5.75 Å². The van der Waals surface area contributed by atoms with Crippen molar-refractivity contribution in [2.45, 2.75) is 45.2 Å². The highest BCUT2D eigenvalue weighted by atomic mass is 31.2. The van der Waals surface area contributed by atoms with Gasteiger partial charge in [0.2, 0.25) is 0 Å². The van der Waals surface area contributed by atoms with Crippen molar-refractivity contribution in [1.29, 1.82) is 0 Å². The SMILES string of the molecule is CC1CCCC(NCc2cc3ccccc3cc2NC(=O)OP(C)(=O)Oc2cccc3ccccc23)C1. The van der Waals surface area contributed by atoms with E-state index in [-0.39, 0.29) is 0 Å². The van der Waals surface area contributed by atoms with Crippen LogP contribution in [0, 0.1) is 5.92 Å². The zero-order chi connectivity index (χ0) is 25.8. The zero-order valence-electron chi connectivity index (χ0n) is 21.3. The Labute approximate surface area is 217 Å². The molecule has 1 amide bonds. The average Bonchev–Trinajstić information content (AvgIpc) is 2.87. The normalized spacial score (nSPS) is 19.3. The van der Waals surface area contributed by atoms with E-state index in [4.69, 9.17) is 9.05 Å². The molecule has 7 heteroatoms. The molecule has 0 spiro atoms. The molecular formula is C30H33N2O4P.